The van der Waals surface area contributed by atoms with Crippen molar-refractivity contribution < 1.29 is 9.72 Å². The molecule has 0 aliphatic rings. The first kappa shape index (κ1) is 15.4. The number of rotatable bonds is 4. The highest BCUT2D eigenvalue weighted by Crippen LogP contribution is 2.24. The largest absolute Gasteiger partial charge is 0.344 e. The third-order valence-electron chi connectivity index (χ3n) is 2.83. The van der Waals surface area contributed by atoms with Crippen LogP contribution in [0.25, 0.3) is 0 Å². The number of hydrogen-bond acceptors (Lipinski definition) is 5. The van der Waals surface area contributed by atoms with Crippen molar-refractivity contribution in [2.75, 3.05) is 0 Å². The van der Waals surface area contributed by atoms with Gasteiger partial charge in [0, 0.05) is 9.75 Å². The first-order chi connectivity index (χ1) is 9.88. The van der Waals surface area contributed by atoms with E-state index in [9.17, 15) is 14.9 Å². The molecule has 1 atom stereocenters. The summed E-state index contributed by atoms with van der Waals surface area (Å²) in [5, 5.41) is 13.7. The van der Waals surface area contributed by atoms with Crippen molar-refractivity contribution in [3.63, 3.8) is 0 Å². The number of amides is 1. The zero-order valence-corrected chi connectivity index (χ0v) is 12.9. The van der Waals surface area contributed by atoms with Gasteiger partial charge in [-0.3, -0.25) is 14.9 Å². The Morgan fingerprint density at radius 1 is 1.52 bits per heavy atom. The van der Waals surface area contributed by atoms with Crippen LogP contribution >= 0.6 is 22.9 Å². The summed E-state index contributed by atoms with van der Waals surface area (Å²) < 4.78 is 0. The van der Waals surface area contributed by atoms with Gasteiger partial charge < -0.3 is 5.32 Å². The van der Waals surface area contributed by atoms with Crippen LogP contribution in [0.1, 0.15) is 33.1 Å². The maximum atomic E-state index is 12.2. The monoisotopic (exact) mass is 325 g/mol. The number of halogens is 1. The summed E-state index contributed by atoms with van der Waals surface area (Å²) >= 11 is 7.27. The standard InChI is InChI=1S/C13H12ClN3O3S/c1-7-3-4-11(21-7)8(2)16-13(18)9-5-12(14)15-6-10(9)17(19)20/h3-6,8H,1-2H3,(H,16,18). The number of aromatic nitrogens is 1. The fourth-order valence-corrected chi connectivity index (χ4v) is 2.82. The molecule has 0 bridgehead atoms. The van der Waals surface area contributed by atoms with Gasteiger partial charge in [0.1, 0.15) is 16.9 Å². The summed E-state index contributed by atoms with van der Waals surface area (Å²) in [6, 6.07) is 4.82. The molecule has 1 unspecified atom stereocenters. The summed E-state index contributed by atoms with van der Waals surface area (Å²) in [7, 11) is 0. The Morgan fingerprint density at radius 2 is 2.24 bits per heavy atom. The molecule has 0 radical (unpaired) electrons. The molecule has 0 aromatic carbocycles. The van der Waals surface area contributed by atoms with Crippen LogP contribution in [0.5, 0.6) is 0 Å². The molecule has 6 nitrogen and oxygen atoms in total. The van der Waals surface area contributed by atoms with Crippen LogP contribution in [0.3, 0.4) is 0 Å². The van der Waals surface area contributed by atoms with E-state index in [1.807, 2.05) is 26.0 Å². The Balaban J connectivity index is 2.24. The van der Waals surface area contributed by atoms with Crippen LogP contribution in [0.15, 0.2) is 24.4 Å². The third kappa shape index (κ3) is 3.56. The van der Waals surface area contributed by atoms with Crippen LogP contribution in [-0.4, -0.2) is 15.8 Å². The highest BCUT2D eigenvalue weighted by Gasteiger charge is 2.23. The first-order valence-electron chi connectivity index (χ1n) is 6.05. The molecule has 2 rings (SSSR count). The van der Waals surface area contributed by atoms with E-state index in [1.54, 1.807) is 11.3 Å². The molecule has 21 heavy (non-hydrogen) atoms. The summed E-state index contributed by atoms with van der Waals surface area (Å²) in [6.45, 7) is 3.79. The maximum absolute atomic E-state index is 12.2. The van der Waals surface area contributed by atoms with Gasteiger partial charge in [0.2, 0.25) is 0 Å². The second-order valence-electron chi connectivity index (χ2n) is 4.42. The highest BCUT2D eigenvalue weighted by molar-refractivity contribution is 7.12. The molecule has 2 aromatic heterocycles. The second kappa shape index (κ2) is 6.19. The van der Waals surface area contributed by atoms with Crippen molar-refractivity contribution in [3.8, 4) is 0 Å². The van der Waals surface area contributed by atoms with E-state index in [1.165, 1.54) is 6.07 Å². The molecule has 0 spiro atoms. The molecular weight excluding hydrogens is 314 g/mol. The van der Waals surface area contributed by atoms with Crippen LogP contribution < -0.4 is 5.32 Å². The van der Waals surface area contributed by atoms with Crippen molar-refractivity contribution in [2.24, 2.45) is 0 Å². The molecule has 2 heterocycles. The number of pyridine rings is 1. The van der Waals surface area contributed by atoms with Gasteiger partial charge >= 0.3 is 0 Å². The van der Waals surface area contributed by atoms with Gasteiger partial charge in [0.05, 0.1) is 11.0 Å². The zero-order valence-electron chi connectivity index (χ0n) is 11.3. The quantitative estimate of drug-likeness (QED) is 0.529. The summed E-state index contributed by atoms with van der Waals surface area (Å²) in [6.07, 6.45) is 0.983. The highest BCUT2D eigenvalue weighted by atomic mass is 35.5. The van der Waals surface area contributed by atoms with E-state index in [0.717, 1.165) is 16.0 Å². The predicted octanol–water partition coefficient (Wildman–Crippen LogP) is 3.50. The van der Waals surface area contributed by atoms with Gasteiger partial charge in [-0.25, -0.2) is 4.98 Å². The molecular formula is C13H12ClN3O3S. The summed E-state index contributed by atoms with van der Waals surface area (Å²) in [5.74, 6) is -0.551. The molecule has 0 aliphatic carbocycles. The topological polar surface area (TPSA) is 85.1 Å². The molecule has 0 aliphatic heterocycles. The number of nitro groups is 1. The van der Waals surface area contributed by atoms with E-state index in [0.29, 0.717) is 0 Å². The number of nitrogens with zero attached hydrogens (tertiary/aromatic N) is 2. The number of hydrogen-bond donors (Lipinski definition) is 1. The van der Waals surface area contributed by atoms with Gasteiger partial charge in [0.25, 0.3) is 11.6 Å². The Morgan fingerprint density at radius 3 is 2.81 bits per heavy atom. The fraction of sp³-hybridized carbons (Fsp3) is 0.231. The molecule has 8 heteroatoms. The maximum Gasteiger partial charge on any atom is 0.300 e. The minimum atomic E-state index is -0.655. The number of aryl methyl sites for hydroxylation is 1. The van der Waals surface area contributed by atoms with Gasteiger partial charge in [-0.05, 0) is 32.0 Å². The molecule has 0 saturated carbocycles. The molecule has 1 amide bonds. The number of carbonyl (C=O) groups excluding carboxylic acids is 1. The van der Waals surface area contributed by atoms with E-state index in [4.69, 9.17) is 11.6 Å². The average molecular weight is 326 g/mol. The van der Waals surface area contributed by atoms with Crippen LogP contribution in [0.2, 0.25) is 5.15 Å². The SMILES string of the molecule is Cc1ccc(C(C)NC(=O)c2cc(Cl)ncc2[N+](=O)[O-])s1. The van der Waals surface area contributed by atoms with Gasteiger partial charge in [-0.2, -0.15) is 0 Å². The third-order valence-corrected chi connectivity index (χ3v) is 4.22. The van der Waals surface area contributed by atoms with Crippen molar-refractivity contribution in [2.45, 2.75) is 19.9 Å². The number of carbonyl (C=O) groups is 1. The minimum Gasteiger partial charge on any atom is -0.344 e. The van der Waals surface area contributed by atoms with Crippen LogP contribution in [0.4, 0.5) is 5.69 Å². The summed E-state index contributed by atoms with van der Waals surface area (Å²) in [5.41, 5.74) is -0.466. The van der Waals surface area contributed by atoms with Crippen molar-refractivity contribution in [3.05, 3.63) is 55.0 Å². The van der Waals surface area contributed by atoms with Crippen molar-refractivity contribution in [1.82, 2.24) is 10.3 Å². The molecule has 0 saturated heterocycles. The van der Waals surface area contributed by atoms with Crippen molar-refractivity contribution in [1.29, 1.82) is 0 Å². The lowest BCUT2D eigenvalue weighted by Crippen LogP contribution is -2.26. The Hall–Kier alpha value is -1.99. The fourth-order valence-electron chi connectivity index (χ4n) is 1.78. The van der Waals surface area contributed by atoms with Crippen molar-refractivity contribution >= 4 is 34.5 Å². The van der Waals surface area contributed by atoms with Crippen LogP contribution in [0, 0.1) is 17.0 Å². The Labute approximate surface area is 129 Å². The smallest absolute Gasteiger partial charge is 0.300 e. The molecule has 2 aromatic rings. The number of nitrogens with one attached hydrogen (secondary N) is 1. The van der Waals surface area contributed by atoms with E-state index < -0.39 is 10.8 Å². The minimum absolute atomic E-state index is 0.0328. The van der Waals surface area contributed by atoms with E-state index >= 15 is 0 Å². The second-order valence-corrected chi connectivity index (χ2v) is 6.13. The molecule has 1 N–H and O–H groups in total. The number of thiophene rings is 1. The average Bonchev–Trinajstić information content (AvgIpc) is 2.85. The van der Waals surface area contributed by atoms with Gasteiger partial charge in [-0.15, -0.1) is 11.3 Å². The molecule has 0 fully saturated rings. The Bertz CT molecular complexity index is 702. The lowest BCUT2D eigenvalue weighted by atomic mass is 10.2. The van der Waals surface area contributed by atoms with Crippen LogP contribution in [-0.2, 0) is 0 Å². The van der Waals surface area contributed by atoms with E-state index in [2.05, 4.69) is 10.3 Å². The van der Waals surface area contributed by atoms with Gasteiger partial charge in [0.15, 0.2) is 0 Å². The predicted molar refractivity (Wildman–Crippen MR) is 80.8 cm³/mol. The summed E-state index contributed by atoms with van der Waals surface area (Å²) in [4.78, 5) is 28.2. The van der Waals surface area contributed by atoms with Gasteiger partial charge in [-0.1, -0.05) is 11.6 Å². The van der Waals surface area contributed by atoms with E-state index in [-0.39, 0.29) is 22.4 Å². The lowest BCUT2D eigenvalue weighted by molar-refractivity contribution is -0.385. The normalized spacial score (nSPS) is 12.0. The lowest BCUT2D eigenvalue weighted by Gasteiger charge is -2.12. The Kier molecular flexibility index (Phi) is 4.54. The zero-order chi connectivity index (χ0) is 15.6. The molecule has 110 valence electrons. The first-order valence-corrected chi connectivity index (χ1v) is 7.25.